The van der Waals surface area contributed by atoms with E-state index in [2.05, 4.69) is 4.72 Å². The Bertz CT molecular complexity index is 524. The zero-order valence-electron chi connectivity index (χ0n) is 10.8. The topological polar surface area (TPSA) is 66.4 Å². The Morgan fingerprint density at radius 1 is 1.26 bits per heavy atom. The molecule has 0 aliphatic carbocycles. The second kappa shape index (κ2) is 5.94. The highest BCUT2D eigenvalue weighted by molar-refractivity contribution is 7.89. The molecule has 0 saturated carbocycles. The average molecular weight is 293 g/mol. The maximum atomic E-state index is 13.4. The van der Waals surface area contributed by atoms with Crippen molar-refractivity contribution in [3.63, 3.8) is 0 Å². The van der Waals surface area contributed by atoms with Gasteiger partial charge in [0.15, 0.2) is 4.90 Å². The largest absolute Gasteiger partial charge is 0.396 e. The highest BCUT2D eigenvalue weighted by atomic mass is 32.2. The van der Waals surface area contributed by atoms with Crippen LogP contribution in [-0.4, -0.2) is 26.7 Å². The van der Waals surface area contributed by atoms with Crippen molar-refractivity contribution in [2.45, 2.75) is 25.2 Å². The zero-order chi connectivity index (χ0) is 14.7. The van der Waals surface area contributed by atoms with Crippen molar-refractivity contribution in [2.75, 3.05) is 13.2 Å². The number of benzene rings is 1. The third-order valence-electron chi connectivity index (χ3n) is 2.72. The van der Waals surface area contributed by atoms with Gasteiger partial charge in [0.2, 0.25) is 10.0 Å². The second-order valence-corrected chi connectivity index (χ2v) is 6.72. The molecule has 0 bridgehead atoms. The first-order valence-electron chi connectivity index (χ1n) is 5.74. The van der Waals surface area contributed by atoms with Crippen LogP contribution in [-0.2, 0) is 10.0 Å². The lowest BCUT2D eigenvalue weighted by atomic mass is 9.90. The molecule has 7 heteroatoms. The van der Waals surface area contributed by atoms with Gasteiger partial charge >= 0.3 is 0 Å². The van der Waals surface area contributed by atoms with Crippen molar-refractivity contribution in [3.05, 3.63) is 29.8 Å². The number of halogens is 2. The summed E-state index contributed by atoms with van der Waals surface area (Å²) in [5, 5.41) is 8.84. The number of sulfonamides is 1. The van der Waals surface area contributed by atoms with Crippen LogP contribution < -0.4 is 4.72 Å². The highest BCUT2D eigenvalue weighted by Crippen LogP contribution is 2.22. The fourth-order valence-electron chi connectivity index (χ4n) is 1.49. The van der Waals surface area contributed by atoms with E-state index >= 15 is 0 Å². The van der Waals surface area contributed by atoms with Crippen molar-refractivity contribution in [3.8, 4) is 0 Å². The predicted molar refractivity (Wildman–Crippen MR) is 67.0 cm³/mol. The number of hydrogen-bond donors (Lipinski definition) is 2. The van der Waals surface area contributed by atoms with Crippen molar-refractivity contribution in [1.29, 1.82) is 0 Å². The number of nitrogens with one attached hydrogen (secondary N) is 1. The third kappa shape index (κ3) is 4.22. The van der Waals surface area contributed by atoms with Crippen LogP contribution in [0.25, 0.3) is 0 Å². The molecule has 19 heavy (non-hydrogen) atoms. The van der Waals surface area contributed by atoms with Crippen LogP contribution in [0.5, 0.6) is 0 Å². The molecule has 1 rings (SSSR count). The molecule has 1 aromatic rings. The van der Waals surface area contributed by atoms with Crippen molar-refractivity contribution in [2.24, 2.45) is 5.41 Å². The molecule has 0 aromatic heterocycles. The standard InChI is InChI=1S/C12H17F2NO3S/c1-12(2,6-7-16)8-15-19(17,18)11-9(13)4-3-5-10(11)14/h3-5,15-16H,6-8H2,1-2H3. The molecule has 4 nitrogen and oxygen atoms in total. The van der Waals surface area contributed by atoms with Crippen LogP contribution in [0.4, 0.5) is 8.78 Å². The maximum absolute atomic E-state index is 13.4. The Hall–Kier alpha value is -1.05. The van der Waals surface area contributed by atoms with E-state index in [4.69, 9.17) is 5.11 Å². The van der Waals surface area contributed by atoms with Gasteiger partial charge in [-0.05, 0) is 24.0 Å². The monoisotopic (exact) mass is 293 g/mol. The number of aliphatic hydroxyl groups is 1. The normalized spacial score (nSPS) is 12.7. The SMILES string of the molecule is CC(C)(CCO)CNS(=O)(=O)c1c(F)cccc1F. The number of hydrogen-bond acceptors (Lipinski definition) is 3. The summed E-state index contributed by atoms with van der Waals surface area (Å²) in [6.07, 6.45) is 0.370. The summed E-state index contributed by atoms with van der Waals surface area (Å²) < 4.78 is 52.7. The minimum Gasteiger partial charge on any atom is -0.396 e. The molecule has 1 aromatic carbocycles. The van der Waals surface area contributed by atoms with E-state index in [9.17, 15) is 17.2 Å². The molecule has 0 aliphatic heterocycles. The second-order valence-electron chi connectivity index (χ2n) is 5.01. The van der Waals surface area contributed by atoms with Crippen LogP contribution in [0.15, 0.2) is 23.1 Å². The molecule has 0 amide bonds. The van der Waals surface area contributed by atoms with Crippen LogP contribution in [0.2, 0.25) is 0 Å². The summed E-state index contributed by atoms with van der Waals surface area (Å²) in [6.45, 7) is 3.36. The lowest BCUT2D eigenvalue weighted by Gasteiger charge is -2.23. The van der Waals surface area contributed by atoms with E-state index in [0.29, 0.717) is 6.42 Å². The first-order valence-corrected chi connectivity index (χ1v) is 7.22. The smallest absolute Gasteiger partial charge is 0.246 e. The fourth-order valence-corrected chi connectivity index (χ4v) is 2.87. The first kappa shape index (κ1) is 16.0. The Morgan fingerprint density at radius 2 is 1.79 bits per heavy atom. The van der Waals surface area contributed by atoms with Crippen LogP contribution in [0, 0.1) is 17.0 Å². The van der Waals surface area contributed by atoms with Crippen molar-refractivity contribution < 1.29 is 22.3 Å². The van der Waals surface area contributed by atoms with Gasteiger partial charge in [-0.2, -0.15) is 0 Å². The molecule has 108 valence electrons. The highest BCUT2D eigenvalue weighted by Gasteiger charge is 2.26. The maximum Gasteiger partial charge on any atom is 0.246 e. The van der Waals surface area contributed by atoms with E-state index in [1.54, 1.807) is 13.8 Å². The Kier molecular flexibility index (Phi) is 5.00. The molecule has 0 saturated heterocycles. The van der Waals surface area contributed by atoms with E-state index in [-0.39, 0.29) is 13.2 Å². The number of aliphatic hydroxyl groups excluding tert-OH is 1. The Labute approximate surface area is 111 Å². The van der Waals surface area contributed by atoms with Gasteiger partial charge in [0, 0.05) is 13.2 Å². The molecule has 0 aliphatic rings. The van der Waals surface area contributed by atoms with Crippen molar-refractivity contribution >= 4 is 10.0 Å². The summed E-state index contributed by atoms with van der Waals surface area (Å²) >= 11 is 0. The van der Waals surface area contributed by atoms with Gasteiger partial charge in [-0.15, -0.1) is 0 Å². The third-order valence-corrected chi connectivity index (χ3v) is 4.17. The summed E-state index contributed by atoms with van der Waals surface area (Å²) in [7, 11) is -4.25. The molecular formula is C12H17F2NO3S. The summed E-state index contributed by atoms with van der Waals surface area (Å²) in [5.41, 5.74) is -0.510. The Morgan fingerprint density at radius 3 is 2.26 bits per heavy atom. The summed E-state index contributed by atoms with van der Waals surface area (Å²) in [4.78, 5) is -0.977. The van der Waals surface area contributed by atoms with Crippen LogP contribution in [0.3, 0.4) is 0 Å². The zero-order valence-corrected chi connectivity index (χ0v) is 11.6. The minimum absolute atomic E-state index is 0.0241. The average Bonchev–Trinajstić information content (AvgIpc) is 2.26. The van der Waals surface area contributed by atoms with Gasteiger partial charge in [-0.3, -0.25) is 0 Å². The molecule has 0 spiro atoms. The van der Waals surface area contributed by atoms with E-state index in [0.717, 1.165) is 18.2 Å². The van der Waals surface area contributed by atoms with E-state index in [1.807, 2.05) is 0 Å². The molecule has 0 radical (unpaired) electrons. The van der Waals surface area contributed by atoms with Gasteiger partial charge < -0.3 is 5.11 Å². The molecule has 0 unspecified atom stereocenters. The van der Waals surface area contributed by atoms with Crippen molar-refractivity contribution in [1.82, 2.24) is 4.72 Å². The first-order chi connectivity index (χ1) is 8.69. The molecule has 0 fully saturated rings. The molecular weight excluding hydrogens is 276 g/mol. The lowest BCUT2D eigenvalue weighted by molar-refractivity contribution is 0.213. The van der Waals surface area contributed by atoms with Gasteiger partial charge in [-0.25, -0.2) is 21.9 Å². The fraction of sp³-hybridized carbons (Fsp3) is 0.500. The molecule has 0 heterocycles. The predicted octanol–water partition coefficient (Wildman–Crippen LogP) is 1.65. The summed E-state index contributed by atoms with van der Waals surface area (Å²) in [6, 6.07) is 2.87. The minimum atomic E-state index is -4.25. The van der Waals surface area contributed by atoms with Gasteiger partial charge in [0.25, 0.3) is 0 Å². The van der Waals surface area contributed by atoms with Gasteiger partial charge in [-0.1, -0.05) is 19.9 Å². The lowest BCUT2D eigenvalue weighted by Crippen LogP contribution is -2.35. The van der Waals surface area contributed by atoms with Gasteiger partial charge in [0.1, 0.15) is 11.6 Å². The van der Waals surface area contributed by atoms with E-state index in [1.165, 1.54) is 0 Å². The number of rotatable bonds is 6. The quantitative estimate of drug-likeness (QED) is 0.838. The summed E-state index contributed by atoms with van der Waals surface area (Å²) in [5.74, 6) is -2.26. The molecule has 2 N–H and O–H groups in total. The molecule has 0 atom stereocenters. The van der Waals surface area contributed by atoms with E-state index < -0.39 is 32.0 Å². The van der Waals surface area contributed by atoms with Gasteiger partial charge in [0.05, 0.1) is 0 Å². The Balaban J connectivity index is 2.94. The van der Waals surface area contributed by atoms with Crippen LogP contribution in [0.1, 0.15) is 20.3 Å². The van der Waals surface area contributed by atoms with Crippen LogP contribution >= 0.6 is 0 Å².